The maximum atomic E-state index is 12.6. The third-order valence-corrected chi connectivity index (χ3v) is 5.81. The van der Waals surface area contributed by atoms with Gasteiger partial charge in [-0.1, -0.05) is 48.0 Å². The average Bonchev–Trinajstić information content (AvgIpc) is 3.04. The van der Waals surface area contributed by atoms with Gasteiger partial charge in [-0.3, -0.25) is 9.78 Å². The molecule has 0 fully saturated rings. The number of nitrogens with one attached hydrogen (secondary N) is 1. The predicted octanol–water partition coefficient (Wildman–Crippen LogP) is 5.55. The van der Waals surface area contributed by atoms with Crippen LogP contribution in [-0.4, -0.2) is 10.9 Å². The van der Waals surface area contributed by atoms with E-state index in [2.05, 4.69) is 16.4 Å². The van der Waals surface area contributed by atoms with Crippen LogP contribution in [0.15, 0.2) is 73.1 Å². The largest absolute Gasteiger partial charge is 0.347 e. The second-order valence-electron chi connectivity index (χ2n) is 5.86. The first-order chi connectivity index (χ1) is 12.7. The van der Waals surface area contributed by atoms with Crippen LogP contribution < -0.4 is 5.32 Å². The second kappa shape index (κ2) is 7.28. The van der Waals surface area contributed by atoms with Crippen molar-refractivity contribution in [3.05, 3.63) is 88.5 Å². The monoisotopic (exact) mass is 378 g/mol. The van der Waals surface area contributed by atoms with Crippen LogP contribution in [0, 0.1) is 0 Å². The lowest BCUT2D eigenvalue weighted by atomic mass is 10.0. The molecule has 0 aliphatic heterocycles. The molecule has 4 rings (SSSR count). The molecule has 0 bridgehead atoms. The van der Waals surface area contributed by atoms with Crippen LogP contribution >= 0.6 is 22.9 Å². The number of halogens is 1. The zero-order valence-corrected chi connectivity index (χ0v) is 15.3. The molecule has 1 N–H and O–H groups in total. The predicted molar refractivity (Wildman–Crippen MR) is 108 cm³/mol. The molecule has 0 saturated heterocycles. The van der Waals surface area contributed by atoms with Crippen LogP contribution in [0.25, 0.3) is 21.2 Å². The maximum Gasteiger partial charge on any atom is 0.263 e. The van der Waals surface area contributed by atoms with Gasteiger partial charge in [0, 0.05) is 29.0 Å². The van der Waals surface area contributed by atoms with E-state index in [9.17, 15) is 4.79 Å². The Hall–Kier alpha value is -2.69. The van der Waals surface area contributed by atoms with Crippen LogP contribution in [-0.2, 0) is 6.54 Å². The number of pyridine rings is 1. The maximum absolute atomic E-state index is 12.6. The molecule has 0 saturated carbocycles. The number of fused-ring (bicyclic) bond motifs is 1. The molecule has 26 heavy (non-hydrogen) atoms. The Morgan fingerprint density at radius 3 is 2.62 bits per heavy atom. The Kier molecular flexibility index (Phi) is 4.69. The lowest BCUT2D eigenvalue weighted by molar-refractivity contribution is 0.0955. The summed E-state index contributed by atoms with van der Waals surface area (Å²) in [6.45, 7) is 0.447. The van der Waals surface area contributed by atoms with E-state index < -0.39 is 0 Å². The minimum Gasteiger partial charge on any atom is -0.347 e. The summed E-state index contributed by atoms with van der Waals surface area (Å²) in [5.41, 5.74) is 3.23. The molecule has 0 spiro atoms. The van der Waals surface area contributed by atoms with Crippen LogP contribution in [0.2, 0.25) is 5.02 Å². The van der Waals surface area contributed by atoms with Crippen molar-refractivity contribution in [2.75, 3.05) is 0 Å². The van der Waals surface area contributed by atoms with Crippen molar-refractivity contribution in [1.29, 1.82) is 0 Å². The average molecular weight is 379 g/mol. The quantitative estimate of drug-likeness (QED) is 0.506. The molecule has 2 aromatic heterocycles. The number of thiophene rings is 1. The Bertz CT molecular complexity index is 1080. The van der Waals surface area contributed by atoms with Gasteiger partial charge in [-0.25, -0.2) is 0 Å². The van der Waals surface area contributed by atoms with Gasteiger partial charge in [-0.05, 0) is 41.0 Å². The number of aromatic nitrogens is 1. The number of hydrogen-bond acceptors (Lipinski definition) is 3. The Morgan fingerprint density at radius 2 is 1.81 bits per heavy atom. The molecule has 2 heterocycles. The van der Waals surface area contributed by atoms with E-state index >= 15 is 0 Å². The van der Waals surface area contributed by atoms with E-state index in [1.807, 2.05) is 54.6 Å². The van der Waals surface area contributed by atoms with E-state index in [1.54, 1.807) is 12.4 Å². The first-order valence-electron chi connectivity index (χ1n) is 8.17. The normalized spacial score (nSPS) is 10.8. The van der Waals surface area contributed by atoms with E-state index in [1.165, 1.54) is 11.3 Å². The number of carbonyl (C=O) groups is 1. The van der Waals surface area contributed by atoms with Crippen LogP contribution in [0.4, 0.5) is 0 Å². The smallest absolute Gasteiger partial charge is 0.263 e. The summed E-state index contributed by atoms with van der Waals surface area (Å²) in [5.74, 6) is -0.148. The number of benzene rings is 2. The van der Waals surface area contributed by atoms with Crippen molar-refractivity contribution in [3.63, 3.8) is 0 Å². The minimum absolute atomic E-state index is 0.148. The number of hydrogen-bond donors (Lipinski definition) is 1. The molecule has 0 radical (unpaired) electrons. The SMILES string of the molecule is O=C(NCc1cccc(-c2ccncc2)c1)c1sc2ccccc2c1Cl. The van der Waals surface area contributed by atoms with Crippen LogP contribution in [0.3, 0.4) is 0 Å². The Labute approximate surface area is 160 Å². The van der Waals surface area contributed by atoms with Gasteiger partial charge in [0.2, 0.25) is 0 Å². The van der Waals surface area contributed by atoms with Gasteiger partial charge in [0.05, 0.1) is 5.02 Å². The van der Waals surface area contributed by atoms with Gasteiger partial charge in [-0.2, -0.15) is 0 Å². The van der Waals surface area contributed by atoms with Crippen LogP contribution in [0.1, 0.15) is 15.2 Å². The summed E-state index contributed by atoms with van der Waals surface area (Å²) in [6.07, 6.45) is 3.54. The van der Waals surface area contributed by atoms with E-state index in [0.29, 0.717) is 16.4 Å². The zero-order valence-electron chi connectivity index (χ0n) is 13.8. The van der Waals surface area contributed by atoms with E-state index in [-0.39, 0.29) is 5.91 Å². The lowest BCUT2D eigenvalue weighted by Gasteiger charge is -2.07. The van der Waals surface area contributed by atoms with E-state index in [4.69, 9.17) is 11.6 Å². The molecule has 5 heteroatoms. The molecule has 1 amide bonds. The van der Waals surface area contributed by atoms with Gasteiger partial charge in [0.1, 0.15) is 4.88 Å². The summed E-state index contributed by atoms with van der Waals surface area (Å²) in [5, 5.41) is 4.41. The number of rotatable bonds is 4. The molecule has 3 nitrogen and oxygen atoms in total. The fraction of sp³-hybridized carbons (Fsp3) is 0.0476. The molecule has 2 aromatic carbocycles. The lowest BCUT2D eigenvalue weighted by Crippen LogP contribution is -2.22. The van der Waals surface area contributed by atoms with Crippen molar-refractivity contribution >= 4 is 38.9 Å². The molecule has 0 aliphatic rings. The van der Waals surface area contributed by atoms with Gasteiger partial charge in [0.25, 0.3) is 5.91 Å². The van der Waals surface area contributed by atoms with Gasteiger partial charge in [-0.15, -0.1) is 11.3 Å². The number of amides is 1. The molecule has 0 unspecified atom stereocenters. The highest BCUT2D eigenvalue weighted by molar-refractivity contribution is 7.21. The summed E-state index contributed by atoms with van der Waals surface area (Å²) in [4.78, 5) is 17.2. The molecule has 0 atom stereocenters. The first kappa shape index (κ1) is 16.8. The van der Waals surface area contributed by atoms with Gasteiger partial charge in [0.15, 0.2) is 0 Å². The Morgan fingerprint density at radius 1 is 1.00 bits per heavy atom. The van der Waals surface area contributed by atoms with E-state index in [0.717, 1.165) is 26.8 Å². The second-order valence-corrected chi connectivity index (χ2v) is 7.29. The molecular formula is C21H15ClN2OS. The number of carbonyl (C=O) groups excluding carboxylic acids is 1. The van der Waals surface area contributed by atoms with Crippen molar-refractivity contribution in [3.8, 4) is 11.1 Å². The fourth-order valence-electron chi connectivity index (χ4n) is 2.83. The third kappa shape index (κ3) is 3.34. The topological polar surface area (TPSA) is 42.0 Å². The summed E-state index contributed by atoms with van der Waals surface area (Å²) < 4.78 is 1.02. The highest BCUT2D eigenvalue weighted by Crippen LogP contribution is 2.35. The highest BCUT2D eigenvalue weighted by Gasteiger charge is 2.16. The summed E-state index contributed by atoms with van der Waals surface area (Å²) in [7, 11) is 0. The zero-order chi connectivity index (χ0) is 17.9. The first-order valence-corrected chi connectivity index (χ1v) is 9.36. The Balaban J connectivity index is 1.52. The third-order valence-electron chi connectivity index (χ3n) is 4.13. The van der Waals surface area contributed by atoms with Crippen LogP contribution in [0.5, 0.6) is 0 Å². The molecule has 0 aliphatic carbocycles. The van der Waals surface area contributed by atoms with Gasteiger partial charge < -0.3 is 5.32 Å². The summed E-state index contributed by atoms with van der Waals surface area (Å²) in [6, 6.07) is 19.8. The summed E-state index contributed by atoms with van der Waals surface area (Å²) >= 11 is 7.80. The molecule has 128 valence electrons. The molecular weight excluding hydrogens is 364 g/mol. The fourth-order valence-corrected chi connectivity index (χ4v) is 4.26. The van der Waals surface area contributed by atoms with Crippen molar-refractivity contribution in [1.82, 2.24) is 10.3 Å². The standard InChI is InChI=1S/C21H15ClN2OS/c22-19-17-6-1-2-7-18(17)26-20(19)21(25)24-13-14-4-3-5-16(12-14)15-8-10-23-11-9-15/h1-12H,13H2,(H,24,25). The van der Waals surface area contributed by atoms with Crippen molar-refractivity contribution in [2.45, 2.75) is 6.54 Å². The van der Waals surface area contributed by atoms with Gasteiger partial charge >= 0.3 is 0 Å². The molecule has 4 aromatic rings. The minimum atomic E-state index is -0.148. The number of nitrogens with zero attached hydrogens (tertiary/aromatic N) is 1. The highest BCUT2D eigenvalue weighted by atomic mass is 35.5. The van der Waals surface area contributed by atoms with Crippen molar-refractivity contribution in [2.24, 2.45) is 0 Å². The van der Waals surface area contributed by atoms with Crippen molar-refractivity contribution < 1.29 is 4.79 Å².